The first-order chi connectivity index (χ1) is 11.7. The Labute approximate surface area is 149 Å². The van der Waals surface area contributed by atoms with Gasteiger partial charge in [-0.25, -0.2) is 0 Å². The zero-order chi connectivity index (χ0) is 16.5. The van der Waals surface area contributed by atoms with E-state index in [1.807, 2.05) is 24.3 Å². The predicted molar refractivity (Wildman–Crippen MR) is 97.8 cm³/mol. The van der Waals surface area contributed by atoms with Gasteiger partial charge in [-0.3, -0.25) is 9.69 Å². The molecule has 1 saturated carbocycles. The molecule has 1 amide bonds. The summed E-state index contributed by atoms with van der Waals surface area (Å²) in [7, 11) is 0. The molecule has 24 heavy (non-hydrogen) atoms. The van der Waals surface area contributed by atoms with E-state index < -0.39 is 0 Å². The Balaban J connectivity index is 1.22. The molecule has 3 nitrogen and oxygen atoms in total. The van der Waals surface area contributed by atoms with Gasteiger partial charge in [-0.15, -0.1) is 0 Å². The average Bonchev–Trinajstić information content (AvgIpc) is 3.21. The first kappa shape index (κ1) is 16.2. The minimum absolute atomic E-state index is 0.330. The Morgan fingerprint density at radius 3 is 2.46 bits per heavy atom. The second-order valence-electron chi connectivity index (χ2n) is 7.58. The van der Waals surface area contributed by atoms with Crippen LogP contribution in [0.1, 0.15) is 24.8 Å². The van der Waals surface area contributed by atoms with Crippen molar-refractivity contribution in [1.82, 2.24) is 9.80 Å². The molecule has 1 aliphatic carbocycles. The van der Waals surface area contributed by atoms with E-state index in [0.717, 1.165) is 55.9 Å². The summed E-state index contributed by atoms with van der Waals surface area (Å²) in [6, 6.07) is 7.92. The molecule has 128 valence electrons. The van der Waals surface area contributed by atoms with Gasteiger partial charge in [0.1, 0.15) is 0 Å². The topological polar surface area (TPSA) is 23.6 Å². The van der Waals surface area contributed by atoms with Gasteiger partial charge in [0.15, 0.2) is 0 Å². The van der Waals surface area contributed by atoms with Crippen LogP contribution in [-0.4, -0.2) is 48.4 Å². The molecule has 4 rings (SSSR count). The number of rotatable bonds is 4. The Morgan fingerprint density at radius 1 is 1.12 bits per heavy atom. The fourth-order valence-corrected chi connectivity index (χ4v) is 4.20. The van der Waals surface area contributed by atoms with Gasteiger partial charge in [-0.2, -0.15) is 0 Å². The maximum atomic E-state index is 12.4. The Kier molecular flexibility index (Phi) is 4.64. The van der Waals surface area contributed by atoms with Crippen molar-refractivity contribution in [3.8, 4) is 0 Å². The number of benzene rings is 1. The van der Waals surface area contributed by atoms with Crippen molar-refractivity contribution in [1.29, 1.82) is 0 Å². The molecule has 0 bridgehead atoms. The summed E-state index contributed by atoms with van der Waals surface area (Å²) in [5, 5.41) is 0.772. The highest BCUT2D eigenvalue weighted by atomic mass is 35.5. The molecule has 2 aliphatic heterocycles. The van der Waals surface area contributed by atoms with E-state index in [1.54, 1.807) is 0 Å². The van der Waals surface area contributed by atoms with Gasteiger partial charge >= 0.3 is 0 Å². The summed E-state index contributed by atoms with van der Waals surface area (Å²) in [5.74, 6) is 2.71. The van der Waals surface area contributed by atoms with Crippen LogP contribution >= 0.6 is 11.6 Å². The number of carbonyl (C=O) groups is 1. The van der Waals surface area contributed by atoms with E-state index in [9.17, 15) is 4.79 Å². The molecule has 1 aromatic carbocycles. The fourth-order valence-electron chi connectivity index (χ4n) is 4.08. The summed E-state index contributed by atoms with van der Waals surface area (Å²) < 4.78 is 0. The number of likely N-dealkylation sites (tertiary alicyclic amines) is 2. The van der Waals surface area contributed by atoms with E-state index >= 15 is 0 Å². The molecule has 0 N–H and O–H groups in total. The lowest BCUT2D eigenvalue weighted by molar-refractivity contribution is -0.133. The van der Waals surface area contributed by atoms with Crippen molar-refractivity contribution in [3.63, 3.8) is 0 Å². The Morgan fingerprint density at radius 2 is 1.79 bits per heavy atom. The van der Waals surface area contributed by atoms with Crippen LogP contribution in [0.5, 0.6) is 0 Å². The molecular formula is C20H25ClN2O. The van der Waals surface area contributed by atoms with E-state index in [1.165, 1.54) is 12.0 Å². The van der Waals surface area contributed by atoms with Crippen molar-refractivity contribution in [3.05, 3.63) is 40.9 Å². The smallest absolute Gasteiger partial charge is 0.236 e. The maximum Gasteiger partial charge on any atom is 0.236 e. The van der Waals surface area contributed by atoms with Crippen molar-refractivity contribution >= 4 is 23.6 Å². The van der Waals surface area contributed by atoms with E-state index in [2.05, 4.69) is 22.0 Å². The van der Waals surface area contributed by atoms with Crippen molar-refractivity contribution < 1.29 is 4.79 Å². The number of hydrogen-bond acceptors (Lipinski definition) is 2. The van der Waals surface area contributed by atoms with Crippen LogP contribution in [0.4, 0.5) is 0 Å². The minimum atomic E-state index is 0.330. The lowest BCUT2D eigenvalue weighted by Crippen LogP contribution is -2.43. The van der Waals surface area contributed by atoms with Gasteiger partial charge in [-0.05, 0) is 54.7 Å². The molecule has 2 atom stereocenters. The third-order valence-corrected chi connectivity index (χ3v) is 5.99. The largest absolute Gasteiger partial charge is 0.342 e. The van der Waals surface area contributed by atoms with Gasteiger partial charge in [0.05, 0.1) is 6.54 Å². The molecule has 0 aromatic heterocycles. The van der Waals surface area contributed by atoms with Gasteiger partial charge in [0.25, 0.3) is 0 Å². The second-order valence-corrected chi connectivity index (χ2v) is 8.02. The average molecular weight is 345 g/mol. The number of piperidine rings is 2. The molecular weight excluding hydrogens is 320 g/mol. The molecule has 3 fully saturated rings. The van der Waals surface area contributed by atoms with Crippen molar-refractivity contribution in [2.24, 2.45) is 17.8 Å². The second kappa shape index (κ2) is 6.89. The summed E-state index contributed by atoms with van der Waals surface area (Å²) in [6.07, 6.45) is 8.01. The number of allylic oxidation sites excluding steroid dienone is 1. The number of halogens is 1. The SMILES string of the molecule is O=C(CN1CC2CC2C1)N1CCC(C=Cc2ccc(Cl)cc2)CC1. The Hall–Kier alpha value is -1.32. The van der Waals surface area contributed by atoms with Crippen LogP contribution in [0, 0.1) is 17.8 Å². The minimum Gasteiger partial charge on any atom is -0.342 e. The van der Waals surface area contributed by atoms with Gasteiger partial charge < -0.3 is 4.90 Å². The normalized spacial score (nSPS) is 27.6. The highest BCUT2D eigenvalue weighted by molar-refractivity contribution is 6.30. The number of nitrogens with zero attached hydrogens (tertiary/aromatic N) is 2. The first-order valence-corrected chi connectivity index (χ1v) is 9.49. The lowest BCUT2D eigenvalue weighted by atomic mass is 9.95. The highest BCUT2D eigenvalue weighted by Gasteiger charge is 2.45. The highest BCUT2D eigenvalue weighted by Crippen LogP contribution is 2.44. The van der Waals surface area contributed by atoms with Crippen molar-refractivity contribution in [2.75, 3.05) is 32.7 Å². The number of hydrogen-bond donors (Lipinski definition) is 0. The van der Waals surface area contributed by atoms with E-state index in [-0.39, 0.29) is 0 Å². The monoisotopic (exact) mass is 344 g/mol. The molecule has 2 unspecified atom stereocenters. The summed E-state index contributed by atoms with van der Waals surface area (Å²) in [5.41, 5.74) is 1.19. The van der Waals surface area contributed by atoms with Crippen LogP contribution in [0.15, 0.2) is 30.3 Å². The van der Waals surface area contributed by atoms with Crippen LogP contribution < -0.4 is 0 Å². The van der Waals surface area contributed by atoms with E-state index in [4.69, 9.17) is 11.6 Å². The van der Waals surface area contributed by atoms with Crippen LogP contribution in [0.2, 0.25) is 5.02 Å². The zero-order valence-corrected chi connectivity index (χ0v) is 14.8. The summed E-state index contributed by atoms with van der Waals surface area (Å²) >= 11 is 5.91. The number of amides is 1. The third-order valence-electron chi connectivity index (χ3n) is 5.74. The fraction of sp³-hybridized carbons (Fsp3) is 0.550. The quantitative estimate of drug-likeness (QED) is 0.834. The van der Waals surface area contributed by atoms with Gasteiger partial charge in [0, 0.05) is 31.2 Å². The molecule has 1 aromatic rings. The predicted octanol–water partition coefficient (Wildman–Crippen LogP) is 3.54. The molecule has 4 heteroatoms. The molecule has 0 radical (unpaired) electrons. The summed E-state index contributed by atoms with van der Waals surface area (Å²) in [4.78, 5) is 16.9. The third kappa shape index (κ3) is 3.84. The molecule has 2 saturated heterocycles. The standard InChI is InChI=1S/C20H25ClN2O/c21-19-5-3-15(4-6-19)1-2-16-7-9-23(10-8-16)20(24)14-22-12-17-11-18(17)13-22/h1-6,16-18H,7-14H2. The zero-order valence-electron chi connectivity index (χ0n) is 14.0. The Bertz CT molecular complexity index is 609. The van der Waals surface area contributed by atoms with Crippen molar-refractivity contribution in [2.45, 2.75) is 19.3 Å². The number of fused-ring (bicyclic) bond motifs is 1. The van der Waals surface area contributed by atoms with Gasteiger partial charge in [0.2, 0.25) is 5.91 Å². The molecule has 0 spiro atoms. The van der Waals surface area contributed by atoms with Gasteiger partial charge in [-0.1, -0.05) is 35.9 Å². The number of carbonyl (C=O) groups excluding carboxylic acids is 1. The summed E-state index contributed by atoms with van der Waals surface area (Å²) in [6.45, 7) is 4.73. The molecule has 2 heterocycles. The lowest BCUT2D eigenvalue weighted by Gasteiger charge is -2.32. The molecule has 3 aliphatic rings. The van der Waals surface area contributed by atoms with E-state index in [0.29, 0.717) is 18.4 Å². The maximum absolute atomic E-state index is 12.4. The first-order valence-electron chi connectivity index (χ1n) is 9.11. The van der Waals surface area contributed by atoms with Crippen LogP contribution in [0.3, 0.4) is 0 Å². The van der Waals surface area contributed by atoms with Crippen LogP contribution in [-0.2, 0) is 4.79 Å². The van der Waals surface area contributed by atoms with Crippen LogP contribution in [0.25, 0.3) is 6.08 Å².